The van der Waals surface area contributed by atoms with E-state index in [-0.39, 0.29) is 4.90 Å². The van der Waals surface area contributed by atoms with E-state index in [4.69, 9.17) is 4.74 Å². The Morgan fingerprint density at radius 3 is 2.52 bits per heavy atom. The molecule has 0 aliphatic heterocycles. The van der Waals surface area contributed by atoms with Crippen molar-refractivity contribution < 1.29 is 17.9 Å². The van der Waals surface area contributed by atoms with Gasteiger partial charge in [0.2, 0.25) is 10.0 Å². The molecule has 3 rings (SSSR count). The molecule has 23 heavy (non-hydrogen) atoms. The lowest BCUT2D eigenvalue weighted by molar-refractivity contribution is 0.0526. The molecule has 0 heterocycles. The molecule has 6 heteroatoms. The van der Waals surface area contributed by atoms with Crippen LogP contribution >= 0.6 is 0 Å². The van der Waals surface area contributed by atoms with E-state index in [2.05, 4.69) is 16.9 Å². The molecule has 0 amide bonds. The van der Waals surface area contributed by atoms with Crippen molar-refractivity contribution in [2.75, 3.05) is 13.2 Å². The van der Waals surface area contributed by atoms with E-state index in [1.807, 2.05) is 0 Å². The lowest BCUT2D eigenvalue weighted by atomic mass is 9.94. The van der Waals surface area contributed by atoms with Gasteiger partial charge in [-0.15, -0.1) is 0 Å². The Hall–Kier alpha value is -1.66. The van der Waals surface area contributed by atoms with E-state index < -0.39 is 16.0 Å². The first-order valence-electron chi connectivity index (χ1n) is 7.95. The van der Waals surface area contributed by atoms with Crippen LogP contribution in [-0.2, 0) is 14.8 Å². The second kappa shape index (κ2) is 6.45. The molecule has 2 aliphatic carbocycles. The van der Waals surface area contributed by atoms with Crippen molar-refractivity contribution in [3.63, 3.8) is 0 Å². The summed E-state index contributed by atoms with van der Waals surface area (Å²) >= 11 is 0. The minimum Gasteiger partial charge on any atom is -0.462 e. The standard InChI is InChI=1S/C17H21NO4S/c1-2-22-17(19)13-5-7-16(8-6-13)23(20,21)18-11-15-10-12-3-4-14(15)9-12/h3-8,12,14-15,18H,2,9-11H2,1H3/t12-,14+,15+/m1/s1. The summed E-state index contributed by atoms with van der Waals surface area (Å²) < 4.78 is 32.3. The number of hydrogen-bond donors (Lipinski definition) is 1. The lowest BCUT2D eigenvalue weighted by Crippen LogP contribution is -2.31. The highest BCUT2D eigenvalue weighted by Gasteiger charge is 2.35. The molecule has 3 atom stereocenters. The first-order chi connectivity index (χ1) is 11.0. The van der Waals surface area contributed by atoms with E-state index in [9.17, 15) is 13.2 Å². The van der Waals surface area contributed by atoms with Crippen molar-refractivity contribution in [1.82, 2.24) is 4.72 Å². The number of sulfonamides is 1. The Kier molecular flexibility index (Phi) is 4.55. The molecule has 2 bridgehead atoms. The minimum atomic E-state index is -3.55. The second-order valence-electron chi connectivity index (χ2n) is 6.14. The van der Waals surface area contributed by atoms with Gasteiger partial charge in [-0.25, -0.2) is 17.9 Å². The molecule has 1 fully saturated rings. The average molecular weight is 335 g/mol. The van der Waals surface area contributed by atoms with Gasteiger partial charge >= 0.3 is 5.97 Å². The van der Waals surface area contributed by atoms with Gasteiger partial charge in [0.05, 0.1) is 17.1 Å². The first-order valence-corrected chi connectivity index (χ1v) is 9.43. The average Bonchev–Trinajstić information content (AvgIpc) is 3.16. The molecule has 2 aliphatic rings. The quantitative estimate of drug-likeness (QED) is 0.640. The number of rotatable bonds is 6. The maximum absolute atomic E-state index is 12.4. The maximum Gasteiger partial charge on any atom is 0.338 e. The molecule has 0 aromatic heterocycles. The number of benzene rings is 1. The predicted molar refractivity (Wildman–Crippen MR) is 86.4 cm³/mol. The van der Waals surface area contributed by atoms with Crippen LogP contribution in [0.2, 0.25) is 0 Å². The number of hydrogen-bond acceptors (Lipinski definition) is 4. The molecule has 5 nitrogen and oxygen atoms in total. The van der Waals surface area contributed by atoms with Crippen molar-refractivity contribution >= 4 is 16.0 Å². The van der Waals surface area contributed by atoms with Crippen LogP contribution in [0.1, 0.15) is 30.1 Å². The van der Waals surface area contributed by atoms with Gasteiger partial charge in [0.15, 0.2) is 0 Å². The van der Waals surface area contributed by atoms with Crippen LogP contribution in [0.4, 0.5) is 0 Å². The zero-order chi connectivity index (χ0) is 16.4. The SMILES string of the molecule is CCOC(=O)c1ccc(S(=O)(=O)NC[C@@H]2C[C@@H]3C=C[C@H]2C3)cc1. The van der Waals surface area contributed by atoms with Gasteiger partial charge in [0, 0.05) is 6.54 Å². The fourth-order valence-corrected chi connectivity index (χ4v) is 4.51. The fraction of sp³-hybridized carbons (Fsp3) is 0.471. The maximum atomic E-state index is 12.4. The first kappa shape index (κ1) is 16.2. The van der Waals surface area contributed by atoms with E-state index >= 15 is 0 Å². The topological polar surface area (TPSA) is 72.5 Å². The van der Waals surface area contributed by atoms with Crippen LogP contribution < -0.4 is 4.72 Å². The smallest absolute Gasteiger partial charge is 0.338 e. The van der Waals surface area contributed by atoms with Crippen molar-refractivity contribution in [2.45, 2.75) is 24.7 Å². The largest absolute Gasteiger partial charge is 0.462 e. The van der Waals surface area contributed by atoms with Crippen molar-refractivity contribution in [1.29, 1.82) is 0 Å². The Morgan fingerprint density at radius 1 is 1.22 bits per heavy atom. The van der Waals surface area contributed by atoms with Gasteiger partial charge in [-0.2, -0.15) is 0 Å². The van der Waals surface area contributed by atoms with Gasteiger partial charge in [-0.3, -0.25) is 0 Å². The minimum absolute atomic E-state index is 0.171. The highest BCUT2D eigenvalue weighted by atomic mass is 32.2. The van der Waals surface area contributed by atoms with Crippen LogP contribution in [0.3, 0.4) is 0 Å². The van der Waals surface area contributed by atoms with E-state index in [0.717, 1.165) is 12.8 Å². The second-order valence-corrected chi connectivity index (χ2v) is 7.90. The van der Waals surface area contributed by atoms with Crippen LogP contribution in [0.25, 0.3) is 0 Å². The summed E-state index contributed by atoms with van der Waals surface area (Å²) in [4.78, 5) is 11.8. The number of fused-ring (bicyclic) bond motifs is 2. The molecule has 0 unspecified atom stereocenters. The van der Waals surface area contributed by atoms with Gasteiger partial charge in [-0.1, -0.05) is 12.2 Å². The zero-order valence-corrected chi connectivity index (χ0v) is 13.9. The van der Waals surface area contributed by atoms with Crippen molar-refractivity contribution in [2.24, 2.45) is 17.8 Å². The summed E-state index contributed by atoms with van der Waals surface area (Å²) in [5, 5.41) is 0. The van der Waals surface area contributed by atoms with Gasteiger partial charge < -0.3 is 4.74 Å². The molecule has 124 valence electrons. The molecular weight excluding hydrogens is 314 g/mol. The predicted octanol–water partition coefficient (Wildman–Crippen LogP) is 2.35. The summed E-state index contributed by atoms with van der Waals surface area (Å²) in [5.74, 6) is 1.07. The van der Waals surface area contributed by atoms with Crippen LogP contribution in [0, 0.1) is 17.8 Å². The van der Waals surface area contributed by atoms with Crippen LogP contribution in [0.15, 0.2) is 41.3 Å². The van der Waals surface area contributed by atoms with Crippen LogP contribution in [0.5, 0.6) is 0 Å². The molecule has 1 aromatic carbocycles. The van der Waals surface area contributed by atoms with E-state index in [0.29, 0.717) is 36.5 Å². The number of esters is 1. The van der Waals surface area contributed by atoms with Crippen molar-refractivity contribution in [3.05, 3.63) is 42.0 Å². The highest BCUT2D eigenvalue weighted by Crippen LogP contribution is 2.43. The summed E-state index contributed by atoms with van der Waals surface area (Å²) in [7, 11) is -3.55. The monoisotopic (exact) mass is 335 g/mol. The molecule has 0 spiro atoms. The number of carbonyl (C=O) groups excluding carboxylic acids is 1. The third-order valence-corrected chi connectivity index (χ3v) is 6.07. The summed E-state index contributed by atoms with van der Waals surface area (Å²) in [5.41, 5.74) is 0.351. The third kappa shape index (κ3) is 3.48. The van der Waals surface area contributed by atoms with Crippen molar-refractivity contribution in [3.8, 4) is 0 Å². The molecule has 1 N–H and O–H groups in total. The Labute approximate surface area is 136 Å². The third-order valence-electron chi connectivity index (χ3n) is 4.63. The van der Waals surface area contributed by atoms with E-state index in [1.54, 1.807) is 6.92 Å². The Balaban J connectivity index is 1.63. The molecule has 0 saturated heterocycles. The summed E-state index contributed by atoms with van der Waals surface area (Å²) in [6.45, 7) is 2.48. The Bertz CT molecular complexity index is 709. The lowest BCUT2D eigenvalue weighted by Gasteiger charge is -2.18. The number of nitrogens with one attached hydrogen (secondary N) is 1. The van der Waals surface area contributed by atoms with E-state index in [1.165, 1.54) is 24.3 Å². The van der Waals surface area contributed by atoms with Gasteiger partial charge in [0.1, 0.15) is 0 Å². The van der Waals surface area contributed by atoms with Crippen LogP contribution in [-0.4, -0.2) is 27.5 Å². The summed E-state index contributed by atoms with van der Waals surface area (Å²) in [6.07, 6.45) is 6.66. The van der Waals surface area contributed by atoms with Gasteiger partial charge in [0.25, 0.3) is 0 Å². The number of carbonyl (C=O) groups is 1. The molecular formula is C17H21NO4S. The number of ether oxygens (including phenoxy) is 1. The molecule has 0 radical (unpaired) electrons. The molecule has 1 saturated carbocycles. The Morgan fingerprint density at radius 2 is 1.96 bits per heavy atom. The summed E-state index contributed by atoms with van der Waals surface area (Å²) in [6, 6.07) is 5.84. The number of allylic oxidation sites excluding steroid dienone is 2. The normalized spacial score (nSPS) is 25.7. The zero-order valence-electron chi connectivity index (χ0n) is 13.1. The molecule has 1 aromatic rings. The highest BCUT2D eigenvalue weighted by molar-refractivity contribution is 7.89. The fourth-order valence-electron chi connectivity index (χ4n) is 3.41. The van der Waals surface area contributed by atoms with Gasteiger partial charge in [-0.05, 0) is 61.8 Å².